The number of nitrogens with zero attached hydrogens (tertiary/aromatic N) is 4. The van der Waals surface area contributed by atoms with Crippen LogP contribution in [0.1, 0.15) is 31.7 Å². The Morgan fingerprint density at radius 2 is 1.81 bits per heavy atom. The number of nitrogen functional groups attached to an aromatic ring is 1. The summed E-state index contributed by atoms with van der Waals surface area (Å²) < 4.78 is 9.58. The number of furan rings is 1. The summed E-state index contributed by atoms with van der Waals surface area (Å²) in [6.07, 6.45) is 12.8. The van der Waals surface area contributed by atoms with Gasteiger partial charge in [0.15, 0.2) is 11.4 Å². The maximum Gasteiger partial charge on any atom is 0.177 e. The summed E-state index contributed by atoms with van der Waals surface area (Å²) >= 11 is 1.71. The van der Waals surface area contributed by atoms with Crippen molar-refractivity contribution in [1.29, 1.82) is 0 Å². The maximum absolute atomic E-state index is 9.88. The molecule has 5 aromatic heterocycles. The molecule has 6 aromatic rings. The van der Waals surface area contributed by atoms with Crippen LogP contribution >= 0.6 is 11.3 Å². The highest BCUT2D eigenvalue weighted by atomic mass is 32.1. The quantitative estimate of drug-likeness (QED) is 0.275. The third kappa shape index (κ3) is 3.80. The van der Waals surface area contributed by atoms with Crippen molar-refractivity contribution in [3.63, 3.8) is 0 Å². The number of thiophene rings is 1. The van der Waals surface area contributed by atoms with E-state index >= 15 is 0 Å². The number of fused-ring (bicyclic) bond motifs is 2. The normalized spacial score (nSPS) is 18.1. The lowest BCUT2D eigenvalue weighted by molar-refractivity contribution is 0.108. The molecule has 1 aromatic carbocycles. The second-order valence-electron chi connectivity index (χ2n) is 9.63. The number of aliphatic hydroxyl groups is 1. The molecule has 0 bridgehead atoms. The van der Waals surface area contributed by atoms with E-state index < -0.39 is 0 Å². The van der Waals surface area contributed by atoms with Crippen molar-refractivity contribution >= 4 is 38.2 Å². The van der Waals surface area contributed by atoms with Gasteiger partial charge in [-0.2, -0.15) is 5.10 Å². The van der Waals surface area contributed by atoms with E-state index in [1.54, 1.807) is 17.5 Å². The van der Waals surface area contributed by atoms with Gasteiger partial charge in [0.2, 0.25) is 0 Å². The Balaban J connectivity index is 1.37. The Bertz CT molecular complexity index is 1730. The van der Waals surface area contributed by atoms with Crippen molar-refractivity contribution in [3.8, 4) is 32.9 Å². The fourth-order valence-electron chi connectivity index (χ4n) is 5.38. The molecule has 1 aliphatic carbocycles. The second-order valence-corrected chi connectivity index (χ2v) is 10.7. The number of hydrogen-bond donors (Lipinski definition) is 2. The Hall–Kier alpha value is -4.01. The van der Waals surface area contributed by atoms with Crippen LogP contribution in [0.25, 0.3) is 53.9 Å². The summed E-state index contributed by atoms with van der Waals surface area (Å²) in [5.74, 6) is 1.11. The molecular weight excluding hydrogens is 482 g/mol. The predicted molar refractivity (Wildman–Crippen MR) is 147 cm³/mol. The fraction of sp³-hybridized carbons (Fsp3) is 0.207. The van der Waals surface area contributed by atoms with Gasteiger partial charge >= 0.3 is 0 Å². The summed E-state index contributed by atoms with van der Waals surface area (Å²) in [4.78, 5) is 9.92. The Morgan fingerprint density at radius 3 is 2.65 bits per heavy atom. The van der Waals surface area contributed by atoms with Crippen LogP contribution in [0.3, 0.4) is 0 Å². The van der Waals surface area contributed by atoms with Crippen molar-refractivity contribution in [2.45, 2.75) is 37.8 Å². The van der Waals surface area contributed by atoms with Gasteiger partial charge in [0, 0.05) is 57.1 Å². The highest BCUT2D eigenvalue weighted by molar-refractivity contribution is 7.23. The number of nitrogens with two attached hydrogens (primary N) is 1. The van der Waals surface area contributed by atoms with Gasteiger partial charge in [0.25, 0.3) is 0 Å². The van der Waals surface area contributed by atoms with Crippen molar-refractivity contribution in [1.82, 2.24) is 19.7 Å². The highest BCUT2D eigenvalue weighted by Crippen LogP contribution is 2.47. The second kappa shape index (κ2) is 8.83. The maximum atomic E-state index is 9.88. The van der Waals surface area contributed by atoms with E-state index in [0.29, 0.717) is 17.4 Å². The molecule has 0 saturated heterocycles. The molecule has 37 heavy (non-hydrogen) atoms. The molecule has 1 aliphatic rings. The smallest absolute Gasteiger partial charge is 0.177 e. The predicted octanol–water partition coefficient (Wildman–Crippen LogP) is 6.69. The molecule has 184 valence electrons. The van der Waals surface area contributed by atoms with Crippen LogP contribution in [-0.4, -0.2) is 31.0 Å². The molecule has 0 atom stereocenters. The Kier molecular flexibility index (Phi) is 5.30. The van der Waals surface area contributed by atoms with Crippen LogP contribution in [0, 0.1) is 0 Å². The van der Waals surface area contributed by atoms with Crippen molar-refractivity contribution in [3.05, 3.63) is 73.4 Å². The van der Waals surface area contributed by atoms with Gasteiger partial charge in [-0.15, -0.1) is 11.3 Å². The van der Waals surface area contributed by atoms with E-state index in [9.17, 15) is 5.11 Å². The third-order valence-corrected chi connectivity index (χ3v) is 8.50. The molecule has 8 heteroatoms. The number of aliphatic hydroxyl groups excluding tert-OH is 1. The number of aromatic nitrogens is 4. The first-order chi connectivity index (χ1) is 18.2. The number of anilines is 1. The molecule has 0 aliphatic heterocycles. The van der Waals surface area contributed by atoms with Gasteiger partial charge in [-0.1, -0.05) is 30.3 Å². The lowest BCUT2D eigenvalue weighted by Gasteiger charge is -2.25. The van der Waals surface area contributed by atoms with Crippen molar-refractivity contribution < 1.29 is 9.52 Å². The SMILES string of the molecule is Nc1ncc(-c2cnn(C3CCC(O)CC3)c2)c2cc(-c3c(-c4ccccc4)sc4cnccc34)oc12. The van der Waals surface area contributed by atoms with E-state index in [4.69, 9.17) is 10.2 Å². The summed E-state index contributed by atoms with van der Waals surface area (Å²) in [5.41, 5.74) is 11.0. The zero-order valence-electron chi connectivity index (χ0n) is 20.0. The van der Waals surface area contributed by atoms with Crippen LogP contribution in [0.4, 0.5) is 5.82 Å². The largest absolute Gasteiger partial charge is 0.452 e. The molecule has 0 spiro atoms. The van der Waals surface area contributed by atoms with Crippen LogP contribution in [-0.2, 0) is 0 Å². The van der Waals surface area contributed by atoms with Crippen LogP contribution < -0.4 is 5.73 Å². The number of hydrogen-bond acceptors (Lipinski definition) is 7. The van der Waals surface area contributed by atoms with Crippen molar-refractivity contribution in [2.75, 3.05) is 5.73 Å². The molecule has 5 heterocycles. The van der Waals surface area contributed by atoms with Gasteiger partial charge in [0.05, 0.1) is 23.0 Å². The summed E-state index contributed by atoms with van der Waals surface area (Å²) in [7, 11) is 0. The van der Waals surface area contributed by atoms with E-state index in [-0.39, 0.29) is 6.10 Å². The topological polar surface area (TPSA) is 103 Å². The summed E-state index contributed by atoms with van der Waals surface area (Å²) in [5, 5.41) is 16.5. The third-order valence-electron chi connectivity index (χ3n) is 7.32. The van der Waals surface area contributed by atoms with Gasteiger partial charge < -0.3 is 15.3 Å². The molecular formula is C29H25N5O2S. The minimum absolute atomic E-state index is 0.193. The standard InChI is InChI=1S/C29H25N5O2S/c30-29-27-22(23(14-32-29)18-13-33-34(16-18)19-6-8-20(35)9-7-19)12-24(36-27)26-21-10-11-31-15-25(21)37-28(26)17-4-2-1-3-5-17/h1-5,10-16,19-20,35H,6-9H2,(H2,30,32). The van der Waals surface area contributed by atoms with Gasteiger partial charge in [-0.3, -0.25) is 9.67 Å². The minimum atomic E-state index is -0.193. The highest BCUT2D eigenvalue weighted by Gasteiger charge is 2.24. The first-order valence-electron chi connectivity index (χ1n) is 12.5. The molecule has 0 amide bonds. The lowest BCUT2D eigenvalue weighted by Crippen LogP contribution is -2.21. The average molecular weight is 508 g/mol. The number of pyridine rings is 2. The van der Waals surface area contributed by atoms with E-state index in [1.165, 1.54) is 0 Å². The molecule has 1 saturated carbocycles. The van der Waals surface area contributed by atoms with Crippen LogP contribution in [0.15, 0.2) is 77.9 Å². The fourth-order valence-corrected chi connectivity index (χ4v) is 6.57. The lowest BCUT2D eigenvalue weighted by atomic mass is 9.93. The molecule has 7 nitrogen and oxygen atoms in total. The molecule has 7 rings (SSSR count). The minimum Gasteiger partial charge on any atom is -0.452 e. The molecule has 0 radical (unpaired) electrons. The first kappa shape index (κ1) is 22.2. The monoisotopic (exact) mass is 507 g/mol. The molecule has 1 fully saturated rings. The van der Waals surface area contributed by atoms with Crippen LogP contribution in [0.5, 0.6) is 0 Å². The van der Waals surface area contributed by atoms with E-state index in [0.717, 1.165) is 74.0 Å². The van der Waals surface area contributed by atoms with Crippen molar-refractivity contribution in [2.24, 2.45) is 0 Å². The van der Waals surface area contributed by atoms with E-state index in [1.807, 2.05) is 47.5 Å². The first-order valence-corrected chi connectivity index (χ1v) is 13.3. The van der Waals surface area contributed by atoms with Gasteiger partial charge in [0.1, 0.15) is 5.76 Å². The molecule has 0 unspecified atom stereocenters. The van der Waals surface area contributed by atoms with Gasteiger partial charge in [-0.25, -0.2) is 4.98 Å². The average Bonchev–Trinajstić information content (AvgIpc) is 3.67. The zero-order valence-corrected chi connectivity index (χ0v) is 20.9. The summed E-state index contributed by atoms with van der Waals surface area (Å²) in [6, 6.07) is 14.8. The van der Waals surface area contributed by atoms with E-state index in [2.05, 4.69) is 39.5 Å². The molecule has 3 N–H and O–H groups in total. The Labute approximate surface area is 217 Å². The van der Waals surface area contributed by atoms with Gasteiger partial charge in [-0.05, 0) is 43.4 Å². The number of benzene rings is 1. The zero-order chi connectivity index (χ0) is 24.9. The Morgan fingerprint density at radius 1 is 0.973 bits per heavy atom. The summed E-state index contributed by atoms with van der Waals surface area (Å²) in [6.45, 7) is 0. The van der Waals surface area contributed by atoms with Crippen LogP contribution in [0.2, 0.25) is 0 Å². The number of rotatable bonds is 4.